The number of rotatable bonds is 7. The number of aliphatic hydroxyl groups excluding tert-OH is 1. The van der Waals surface area contributed by atoms with Crippen LogP contribution in [-0.2, 0) is 35.1 Å². The van der Waals surface area contributed by atoms with Crippen molar-refractivity contribution in [1.82, 2.24) is 14.5 Å². The van der Waals surface area contributed by atoms with Crippen molar-refractivity contribution in [1.29, 1.82) is 0 Å². The molecule has 44 heavy (non-hydrogen) atoms. The predicted octanol–water partition coefficient (Wildman–Crippen LogP) is 4.85. The number of ketones is 1. The first-order valence-corrected chi connectivity index (χ1v) is 16.9. The number of aliphatic hydroxyl groups is 1. The van der Waals surface area contributed by atoms with E-state index in [1.54, 1.807) is 33.5 Å². The fraction of sp³-hybridized carbons (Fsp3) is 0.727. The van der Waals surface area contributed by atoms with Crippen LogP contribution in [0.1, 0.15) is 74.1 Å². The minimum absolute atomic E-state index is 0.0177. The van der Waals surface area contributed by atoms with Crippen LogP contribution in [0.25, 0.3) is 11.2 Å². The molecule has 0 amide bonds. The highest BCUT2D eigenvalue weighted by atomic mass is 32.2. The zero-order valence-corrected chi connectivity index (χ0v) is 28.1. The number of pyridine rings is 1. The lowest BCUT2D eigenvalue weighted by molar-refractivity contribution is -0.186. The zero-order chi connectivity index (χ0) is 32.4. The third-order valence-corrected chi connectivity index (χ3v) is 11.3. The summed E-state index contributed by atoms with van der Waals surface area (Å²) in [4.78, 5) is 50.0. The summed E-state index contributed by atoms with van der Waals surface area (Å²) >= 11 is 1.49. The summed E-state index contributed by atoms with van der Waals surface area (Å²) in [5, 5.41) is 10.5. The number of ether oxygens (including phenoxy) is 3. The quantitative estimate of drug-likeness (QED) is 0.334. The van der Waals surface area contributed by atoms with Gasteiger partial charge in [-0.2, -0.15) is 0 Å². The second-order valence-corrected chi connectivity index (χ2v) is 14.6. The normalized spacial score (nSPS) is 37.3. The van der Waals surface area contributed by atoms with E-state index in [-0.39, 0.29) is 17.6 Å². The summed E-state index contributed by atoms with van der Waals surface area (Å²) < 4.78 is 20.1. The molecule has 0 bridgehead atoms. The van der Waals surface area contributed by atoms with Gasteiger partial charge in [0.25, 0.3) is 0 Å². The van der Waals surface area contributed by atoms with Crippen molar-refractivity contribution in [3.63, 3.8) is 0 Å². The van der Waals surface area contributed by atoms with Gasteiger partial charge in [0.05, 0.1) is 24.0 Å². The van der Waals surface area contributed by atoms with Gasteiger partial charge in [-0.05, 0) is 70.3 Å². The van der Waals surface area contributed by atoms with E-state index in [0.29, 0.717) is 31.6 Å². The predicted molar refractivity (Wildman–Crippen MR) is 169 cm³/mol. The topological polar surface area (TPSA) is 130 Å². The summed E-state index contributed by atoms with van der Waals surface area (Å²) in [6, 6.07) is 3.78. The summed E-state index contributed by atoms with van der Waals surface area (Å²) in [7, 11) is 1.61. The molecule has 0 saturated carbocycles. The maximum atomic E-state index is 14.1. The Morgan fingerprint density at radius 3 is 2.50 bits per heavy atom. The fourth-order valence-corrected chi connectivity index (χ4v) is 8.87. The average Bonchev–Trinajstić information content (AvgIpc) is 3.53. The van der Waals surface area contributed by atoms with Crippen LogP contribution in [0.15, 0.2) is 24.7 Å². The summed E-state index contributed by atoms with van der Waals surface area (Å²) in [6.07, 6.45) is 3.83. The molecule has 2 aliphatic rings. The monoisotopic (exact) mass is 631 g/mol. The molecule has 0 radical (unpaired) electrons. The molecule has 4 heterocycles. The van der Waals surface area contributed by atoms with Crippen LogP contribution in [0.3, 0.4) is 0 Å². The first-order valence-electron chi connectivity index (χ1n) is 15.8. The summed E-state index contributed by atoms with van der Waals surface area (Å²) in [5.74, 6) is -2.79. The number of Topliss-reactive ketones (excluding diaryl/α,β-unsaturated/α-hetero) is 1. The number of hydrogen-bond acceptors (Lipinski definition) is 10. The number of carbonyl (C=O) groups excluding carboxylic acids is 3. The molecular weight excluding hydrogens is 582 g/mol. The van der Waals surface area contributed by atoms with E-state index < -0.39 is 58.4 Å². The molecule has 0 aromatic carbocycles. The highest BCUT2D eigenvalue weighted by Crippen LogP contribution is 2.48. The van der Waals surface area contributed by atoms with Crippen molar-refractivity contribution in [2.75, 3.05) is 12.9 Å². The Morgan fingerprint density at radius 2 is 1.82 bits per heavy atom. The second-order valence-electron chi connectivity index (χ2n) is 13.3. The lowest BCUT2D eigenvalue weighted by atomic mass is 9.70. The number of imidazole rings is 1. The molecule has 2 saturated heterocycles. The van der Waals surface area contributed by atoms with E-state index >= 15 is 0 Å². The minimum atomic E-state index is -1.22. The first kappa shape index (κ1) is 34.4. The molecule has 2 aromatic rings. The second kappa shape index (κ2) is 13.9. The van der Waals surface area contributed by atoms with Gasteiger partial charge < -0.3 is 23.9 Å². The maximum Gasteiger partial charge on any atom is 0.320 e. The molecule has 10 atom stereocenters. The number of thioether (sulfide) groups is 1. The van der Waals surface area contributed by atoms with Crippen molar-refractivity contribution in [3.05, 3.63) is 24.7 Å². The number of esters is 2. The maximum absolute atomic E-state index is 14.1. The number of aryl methyl sites for hydroxylation is 1. The Hall–Kier alpha value is -2.50. The molecule has 0 aliphatic carbocycles. The molecular formula is C33H49N3O7S. The number of nitrogens with zero attached hydrogens (tertiary/aromatic N) is 3. The van der Waals surface area contributed by atoms with Crippen LogP contribution in [0.4, 0.5) is 0 Å². The van der Waals surface area contributed by atoms with Crippen LogP contribution in [0, 0.1) is 29.6 Å². The number of aromatic nitrogens is 3. The van der Waals surface area contributed by atoms with Gasteiger partial charge in [-0.15, -0.1) is 11.8 Å². The number of cyclic esters (lactones) is 1. The van der Waals surface area contributed by atoms with Gasteiger partial charge >= 0.3 is 11.9 Å². The third kappa shape index (κ3) is 6.84. The first-order chi connectivity index (χ1) is 20.8. The fourth-order valence-electron chi connectivity index (χ4n) is 7.42. The van der Waals surface area contributed by atoms with Gasteiger partial charge in [0, 0.05) is 37.6 Å². The molecule has 0 spiro atoms. The molecule has 2 fully saturated rings. The van der Waals surface area contributed by atoms with E-state index in [2.05, 4.69) is 9.97 Å². The lowest BCUT2D eigenvalue weighted by Gasteiger charge is -2.42. The van der Waals surface area contributed by atoms with E-state index in [4.69, 9.17) is 14.2 Å². The Balaban J connectivity index is 1.62. The van der Waals surface area contributed by atoms with E-state index in [1.807, 2.05) is 51.3 Å². The lowest BCUT2D eigenvalue weighted by Crippen LogP contribution is -2.53. The largest absolute Gasteiger partial charge is 0.458 e. The van der Waals surface area contributed by atoms with Crippen LogP contribution in [0.5, 0.6) is 0 Å². The average molecular weight is 632 g/mol. The van der Waals surface area contributed by atoms with Crippen molar-refractivity contribution >= 4 is 40.6 Å². The number of carbonyl (C=O) groups is 3. The molecule has 1 N–H and O–H groups in total. The molecule has 10 nitrogen and oxygen atoms in total. The van der Waals surface area contributed by atoms with Gasteiger partial charge in [-0.25, -0.2) is 9.97 Å². The van der Waals surface area contributed by atoms with Crippen LogP contribution >= 0.6 is 11.8 Å². The molecule has 2 aliphatic heterocycles. The highest BCUT2D eigenvalue weighted by Gasteiger charge is 2.61. The van der Waals surface area contributed by atoms with E-state index in [9.17, 15) is 19.5 Å². The Kier molecular flexibility index (Phi) is 10.8. The van der Waals surface area contributed by atoms with Crippen molar-refractivity contribution in [2.45, 2.75) is 109 Å². The molecule has 4 rings (SSSR count). The van der Waals surface area contributed by atoms with E-state index in [1.165, 1.54) is 11.8 Å². The van der Waals surface area contributed by atoms with Gasteiger partial charge in [0.15, 0.2) is 11.2 Å². The molecule has 244 valence electrons. The van der Waals surface area contributed by atoms with Crippen molar-refractivity contribution in [3.8, 4) is 0 Å². The molecule has 2 aromatic heterocycles. The highest BCUT2D eigenvalue weighted by molar-refractivity contribution is 8.00. The molecule has 10 unspecified atom stereocenters. The van der Waals surface area contributed by atoms with Gasteiger partial charge in [-0.3, -0.25) is 14.4 Å². The van der Waals surface area contributed by atoms with Gasteiger partial charge in [0.2, 0.25) is 0 Å². The summed E-state index contributed by atoms with van der Waals surface area (Å²) in [5.41, 5.74) is -0.268. The van der Waals surface area contributed by atoms with E-state index in [0.717, 1.165) is 17.6 Å². The van der Waals surface area contributed by atoms with Crippen LogP contribution < -0.4 is 0 Å². The standard InChI is InChI=1S/C33H49N3O7S/c1-9-24-33(7)25(28(31(40)43-33)44-15-11-14-36-18-35-23-12-10-13-34-29(23)36)21(4)26(37)19(2)16-32(6,41-8)17-20(3)27(38)22(5)30(39)42-24/h10,12-13,18-22,24-25,27-28,38H,9,11,14-17H2,1-8H3. The smallest absolute Gasteiger partial charge is 0.320 e. The van der Waals surface area contributed by atoms with Crippen LogP contribution in [0.2, 0.25) is 0 Å². The van der Waals surface area contributed by atoms with Gasteiger partial charge in [-0.1, -0.05) is 27.7 Å². The summed E-state index contributed by atoms with van der Waals surface area (Å²) in [6.45, 7) is 13.6. The Morgan fingerprint density at radius 1 is 1.09 bits per heavy atom. The number of methoxy groups -OCH3 is 1. The zero-order valence-electron chi connectivity index (χ0n) is 27.3. The van der Waals surface area contributed by atoms with Crippen molar-refractivity contribution < 1.29 is 33.7 Å². The molecule has 11 heteroatoms. The van der Waals surface area contributed by atoms with Crippen molar-refractivity contribution in [2.24, 2.45) is 29.6 Å². The third-order valence-electron chi connectivity index (χ3n) is 9.95. The minimum Gasteiger partial charge on any atom is -0.458 e. The number of fused-ring (bicyclic) bond motifs is 2. The Labute approximate surface area is 265 Å². The van der Waals surface area contributed by atoms with Gasteiger partial charge in [0.1, 0.15) is 22.7 Å². The Bertz CT molecular complexity index is 1340. The SMILES string of the molecule is CCC1OC(=O)C(C)C(O)C(C)CC(C)(OC)CC(C)C(=O)C(C)C2C(SCCCn3cnc4cccnc43)C(=O)OC12C. The van der Waals surface area contributed by atoms with Crippen LogP contribution in [-0.4, -0.2) is 78.9 Å². The number of hydrogen-bond donors (Lipinski definition) is 1.